The Morgan fingerprint density at radius 1 is 0.778 bits per heavy atom. The van der Waals surface area contributed by atoms with Gasteiger partial charge in [-0.1, -0.05) is 24.3 Å². The summed E-state index contributed by atoms with van der Waals surface area (Å²) in [5.74, 6) is -0.291. The second-order valence-electron chi connectivity index (χ2n) is 5.65. The highest BCUT2D eigenvalue weighted by Crippen LogP contribution is 2.42. The van der Waals surface area contributed by atoms with Gasteiger partial charge in [-0.25, -0.2) is 10.0 Å². The quantitative estimate of drug-likeness (QED) is 0.643. The Kier molecular flexibility index (Phi) is 1.99. The first-order valence-corrected chi connectivity index (χ1v) is 6.78. The van der Waals surface area contributed by atoms with Gasteiger partial charge in [0.15, 0.2) is 0 Å². The largest absolute Gasteiger partial charge is 0.272 e. The predicted molar refractivity (Wildman–Crippen MR) is 65.0 cm³/mol. The summed E-state index contributed by atoms with van der Waals surface area (Å²) in [4.78, 5) is 25.2. The van der Waals surface area contributed by atoms with E-state index in [0.29, 0.717) is 0 Å². The van der Waals surface area contributed by atoms with Gasteiger partial charge in [0.05, 0.1) is 23.9 Å². The van der Waals surface area contributed by atoms with Crippen LogP contribution in [0.5, 0.6) is 0 Å². The van der Waals surface area contributed by atoms with Crippen molar-refractivity contribution in [1.82, 2.24) is 10.0 Å². The minimum absolute atomic E-state index is 0.120. The lowest BCUT2D eigenvalue weighted by Crippen LogP contribution is -2.70. The molecule has 18 heavy (non-hydrogen) atoms. The molecule has 4 nitrogen and oxygen atoms in total. The van der Waals surface area contributed by atoms with Gasteiger partial charge in [-0.3, -0.25) is 9.59 Å². The van der Waals surface area contributed by atoms with Crippen molar-refractivity contribution in [3.05, 3.63) is 24.3 Å². The molecule has 5 rings (SSSR count). The first-order chi connectivity index (χ1) is 8.77. The van der Waals surface area contributed by atoms with Crippen molar-refractivity contribution < 1.29 is 9.59 Å². The Morgan fingerprint density at radius 3 is 1.56 bits per heavy atom. The fraction of sp³-hybridized carbons (Fsp3) is 0.571. The van der Waals surface area contributed by atoms with Gasteiger partial charge in [0.2, 0.25) is 11.8 Å². The molecule has 0 spiro atoms. The third-order valence-electron chi connectivity index (χ3n) is 4.75. The average Bonchev–Trinajstić information content (AvgIpc) is 2.45. The molecule has 0 aromatic rings. The van der Waals surface area contributed by atoms with E-state index >= 15 is 0 Å². The Hall–Kier alpha value is -1.58. The second-order valence-corrected chi connectivity index (χ2v) is 5.65. The molecule has 3 heterocycles. The molecule has 4 heteroatoms. The highest BCUT2D eigenvalue weighted by molar-refractivity contribution is 5.96. The van der Waals surface area contributed by atoms with Crippen molar-refractivity contribution >= 4 is 11.8 Å². The molecule has 2 atom stereocenters. The lowest BCUT2D eigenvalue weighted by molar-refractivity contribution is -0.208. The predicted octanol–water partition coefficient (Wildman–Crippen LogP) is 1.26. The molecule has 2 amide bonds. The van der Waals surface area contributed by atoms with E-state index in [4.69, 9.17) is 0 Å². The molecule has 94 valence electrons. The zero-order chi connectivity index (χ0) is 12.3. The van der Waals surface area contributed by atoms with Gasteiger partial charge in [-0.15, -0.1) is 0 Å². The van der Waals surface area contributed by atoms with Crippen LogP contribution in [0.2, 0.25) is 0 Å². The molecule has 1 saturated carbocycles. The third-order valence-corrected chi connectivity index (χ3v) is 4.75. The van der Waals surface area contributed by atoms with Gasteiger partial charge in [0.25, 0.3) is 0 Å². The van der Waals surface area contributed by atoms with Gasteiger partial charge in [0.1, 0.15) is 0 Å². The Labute approximate surface area is 106 Å². The maximum atomic E-state index is 12.6. The van der Waals surface area contributed by atoms with Crippen molar-refractivity contribution in [2.45, 2.75) is 37.8 Å². The van der Waals surface area contributed by atoms with Crippen LogP contribution in [0.3, 0.4) is 0 Å². The number of amides is 2. The van der Waals surface area contributed by atoms with Crippen LogP contribution in [-0.4, -0.2) is 33.9 Å². The first kappa shape index (κ1) is 10.4. The van der Waals surface area contributed by atoms with Crippen molar-refractivity contribution in [1.29, 1.82) is 0 Å². The molecule has 0 radical (unpaired) electrons. The highest BCUT2D eigenvalue weighted by atomic mass is 16.2. The minimum atomic E-state index is -0.266. The molecule has 5 aliphatic rings. The molecule has 2 aliphatic carbocycles. The lowest BCUT2D eigenvalue weighted by Gasteiger charge is -2.57. The van der Waals surface area contributed by atoms with Crippen LogP contribution in [-0.2, 0) is 9.59 Å². The van der Waals surface area contributed by atoms with Gasteiger partial charge in [-0.2, -0.15) is 0 Å². The molecule has 4 fully saturated rings. The van der Waals surface area contributed by atoms with Gasteiger partial charge < -0.3 is 0 Å². The molecule has 0 aromatic carbocycles. The number of rotatable bonds is 0. The number of carbonyl (C=O) groups is 2. The van der Waals surface area contributed by atoms with E-state index in [1.807, 2.05) is 24.3 Å². The van der Waals surface area contributed by atoms with Crippen LogP contribution in [0.15, 0.2) is 24.3 Å². The van der Waals surface area contributed by atoms with Crippen LogP contribution in [0.1, 0.15) is 25.7 Å². The van der Waals surface area contributed by atoms with E-state index in [1.54, 1.807) is 10.0 Å². The molecule has 0 N–H and O–H groups in total. The van der Waals surface area contributed by atoms with Crippen LogP contribution in [0.25, 0.3) is 0 Å². The zero-order valence-corrected chi connectivity index (χ0v) is 10.2. The van der Waals surface area contributed by atoms with Crippen LogP contribution in [0, 0.1) is 11.8 Å². The van der Waals surface area contributed by atoms with Gasteiger partial charge >= 0.3 is 0 Å². The second kappa shape index (κ2) is 3.46. The summed E-state index contributed by atoms with van der Waals surface area (Å²) in [7, 11) is 0. The molecule has 0 aromatic heterocycles. The topological polar surface area (TPSA) is 40.6 Å². The fourth-order valence-corrected chi connectivity index (χ4v) is 3.86. The maximum absolute atomic E-state index is 12.6. The molecular weight excluding hydrogens is 228 g/mol. The monoisotopic (exact) mass is 244 g/mol. The van der Waals surface area contributed by atoms with Crippen LogP contribution < -0.4 is 0 Å². The maximum Gasteiger partial charge on any atom is 0.249 e. The Balaban J connectivity index is 1.78. The molecule has 3 aliphatic heterocycles. The summed E-state index contributed by atoms with van der Waals surface area (Å²) in [6.07, 6.45) is 11.7. The highest BCUT2D eigenvalue weighted by Gasteiger charge is 2.53. The van der Waals surface area contributed by atoms with Crippen molar-refractivity contribution in [3.8, 4) is 0 Å². The standard InChI is InChI=1S/C14H16N2O2/c17-13-11-3-1-2-4-12(11)14(18)16-10-7-5-9(6-8-10)15(13)16/h1-4,9-12H,5-8H2. The number of fused-ring (bicyclic) bond motifs is 3. The third kappa shape index (κ3) is 1.15. The van der Waals surface area contributed by atoms with E-state index < -0.39 is 0 Å². The Bertz CT molecular complexity index is 430. The van der Waals surface area contributed by atoms with Crippen molar-refractivity contribution in [2.24, 2.45) is 11.8 Å². The fourth-order valence-electron chi connectivity index (χ4n) is 3.86. The smallest absolute Gasteiger partial charge is 0.249 e. The summed E-state index contributed by atoms with van der Waals surface area (Å²) in [5, 5.41) is 3.56. The van der Waals surface area contributed by atoms with Crippen molar-refractivity contribution in [2.75, 3.05) is 0 Å². The molecule has 2 bridgehead atoms. The number of allylic oxidation sites excluding steroid dienone is 2. The zero-order valence-electron chi connectivity index (χ0n) is 10.2. The summed E-state index contributed by atoms with van der Waals surface area (Å²) >= 11 is 0. The molecular formula is C14H16N2O2. The van der Waals surface area contributed by atoms with Crippen LogP contribution in [0.4, 0.5) is 0 Å². The van der Waals surface area contributed by atoms with Crippen LogP contribution >= 0.6 is 0 Å². The van der Waals surface area contributed by atoms with E-state index in [0.717, 1.165) is 25.7 Å². The van der Waals surface area contributed by atoms with Gasteiger partial charge in [0, 0.05) is 0 Å². The number of carbonyl (C=O) groups excluding carboxylic acids is 2. The minimum Gasteiger partial charge on any atom is -0.272 e. The summed E-state index contributed by atoms with van der Waals surface area (Å²) < 4.78 is 0. The first-order valence-electron chi connectivity index (χ1n) is 6.78. The number of hydrogen-bond acceptors (Lipinski definition) is 2. The van der Waals surface area contributed by atoms with Gasteiger partial charge in [-0.05, 0) is 25.7 Å². The lowest BCUT2D eigenvalue weighted by atomic mass is 9.79. The summed E-state index contributed by atoms with van der Waals surface area (Å²) in [5.41, 5.74) is 0. The Morgan fingerprint density at radius 2 is 1.17 bits per heavy atom. The van der Waals surface area contributed by atoms with Crippen molar-refractivity contribution in [3.63, 3.8) is 0 Å². The van der Waals surface area contributed by atoms with E-state index in [-0.39, 0.29) is 35.7 Å². The summed E-state index contributed by atoms with van der Waals surface area (Å²) in [6.45, 7) is 0. The molecule has 3 saturated heterocycles. The number of nitrogens with zero attached hydrogens (tertiary/aromatic N) is 2. The van der Waals surface area contributed by atoms with E-state index in [9.17, 15) is 9.59 Å². The molecule has 2 unspecified atom stereocenters. The summed E-state index contributed by atoms with van der Waals surface area (Å²) in [6, 6.07) is 0.512. The number of hydrazine groups is 1. The number of hydrogen-bond donors (Lipinski definition) is 0. The SMILES string of the molecule is O=C1C2C=CC=CC2C(=O)N2C3CCC(CC3)N12. The van der Waals surface area contributed by atoms with E-state index in [1.165, 1.54) is 0 Å². The van der Waals surface area contributed by atoms with E-state index in [2.05, 4.69) is 0 Å². The normalized spacial score (nSPS) is 41.1. The average molecular weight is 244 g/mol.